The number of carbonyl (C=O) groups excluding carboxylic acids is 1. The highest BCUT2D eigenvalue weighted by atomic mass is 16.1. The number of nitrogens with zero attached hydrogens (tertiary/aromatic N) is 7. The van der Waals surface area contributed by atoms with Crippen LogP contribution in [0.1, 0.15) is 65.7 Å². The van der Waals surface area contributed by atoms with Crippen LogP contribution in [-0.4, -0.2) is 43.3 Å². The van der Waals surface area contributed by atoms with Gasteiger partial charge in [0, 0.05) is 32.0 Å². The molecular formula is C26H30N8O. The predicted octanol–water partition coefficient (Wildman–Crippen LogP) is 2.73. The zero-order chi connectivity index (χ0) is 24.3. The minimum Gasteiger partial charge on any atom is -0.356 e. The summed E-state index contributed by atoms with van der Waals surface area (Å²) in [4.78, 5) is 24.7. The van der Waals surface area contributed by atoms with Gasteiger partial charge in [-0.2, -0.15) is 10.4 Å². The molecular weight excluding hydrogens is 440 g/mol. The van der Waals surface area contributed by atoms with Crippen molar-refractivity contribution in [3.8, 4) is 6.07 Å². The Morgan fingerprint density at radius 2 is 2.09 bits per heavy atom. The summed E-state index contributed by atoms with van der Waals surface area (Å²) >= 11 is 0. The molecule has 0 spiro atoms. The van der Waals surface area contributed by atoms with Crippen LogP contribution in [-0.2, 0) is 25.4 Å². The number of amides is 1. The van der Waals surface area contributed by atoms with Gasteiger partial charge in [-0.1, -0.05) is 6.07 Å². The molecule has 9 nitrogen and oxygen atoms in total. The summed E-state index contributed by atoms with van der Waals surface area (Å²) in [5, 5.41) is 17.4. The van der Waals surface area contributed by atoms with Crippen molar-refractivity contribution in [2.24, 2.45) is 18.9 Å². The molecule has 0 radical (unpaired) electrons. The molecule has 0 bridgehead atoms. The van der Waals surface area contributed by atoms with Crippen molar-refractivity contribution in [1.82, 2.24) is 29.6 Å². The molecule has 3 atom stereocenters. The topological polar surface area (TPSA) is 105 Å². The number of anilines is 1. The summed E-state index contributed by atoms with van der Waals surface area (Å²) in [6.07, 6.45) is 8.26. The van der Waals surface area contributed by atoms with Crippen molar-refractivity contribution in [1.29, 1.82) is 5.26 Å². The molecule has 180 valence electrons. The SMILES string of the molecule is Cn1cnc2c1CC[C@H]2NC(=O)c1cnn(Cc2ccc(N3CC4CC4C3)nc2C(C)(C)C#N)c1. The molecule has 3 aromatic rings. The van der Waals surface area contributed by atoms with E-state index >= 15 is 0 Å². The Morgan fingerprint density at radius 1 is 1.29 bits per heavy atom. The first-order valence-electron chi connectivity index (χ1n) is 12.3. The summed E-state index contributed by atoms with van der Waals surface area (Å²) in [6, 6.07) is 6.45. The predicted molar refractivity (Wildman–Crippen MR) is 130 cm³/mol. The average molecular weight is 471 g/mol. The van der Waals surface area contributed by atoms with Crippen LogP contribution >= 0.6 is 0 Å². The lowest BCUT2D eigenvalue weighted by molar-refractivity contribution is 0.0936. The molecule has 4 heterocycles. The number of piperidine rings is 1. The van der Waals surface area contributed by atoms with E-state index in [-0.39, 0.29) is 11.9 Å². The number of fused-ring (bicyclic) bond motifs is 2. The van der Waals surface area contributed by atoms with E-state index < -0.39 is 5.41 Å². The van der Waals surface area contributed by atoms with Crippen LogP contribution in [0.4, 0.5) is 5.82 Å². The van der Waals surface area contributed by atoms with Gasteiger partial charge in [0.15, 0.2) is 0 Å². The number of pyridine rings is 1. The Morgan fingerprint density at radius 3 is 2.86 bits per heavy atom. The van der Waals surface area contributed by atoms with E-state index in [1.807, 2.05) is 25.5 Å². The molecule has 1 amide bonds. The molecule has 0 aromatic carbocycles. The van der Waals surface area contributed by atoms with Crippen LogP contribution in [0.15, 0.2) is 30.9 Å². The number of aryl methyl sites for hydroxylation is 1. The number of imidazole rings is 1. The van der Waals surface area contributed by atoms with Gasteiger partial charge >= 0.3 is 0 Å². The summed E-state index contributed by atoms with van der Waals surface area (Å²) in [5.41, 5.74) is 3.63. The quantitative estimate of drug-likeness (QED) is 0.594. The first-order valence-corrected chi connectivity index (χ1v) is 12.3. The summed E-state index contributed by atoms with van der Waals surface area (Å²) in [7, 11) is 1.98. The molecule has 2 fully saturated rings. The lowest BCUT2D eigenvalue weighted by atomic mass is 9.87. The number of nitriles is 1. The minimum absolute atomic E-state index is 0.0709. The Hall–Kier alpha value is -3.67. The summed E-state index contributed by atoms with van der Waals surface area (Å²) in [6.45, 7) is 6.36. The summed E-state index contributed by atoms with van der Waals surface area (Å²) in [5.74, 6) is 2.42. The Balaban J connectivity index is 1.20. The molecule has 1 aliphatic heterocycles. The molecule has 2 aliphatic carbocycles. The average Bonchev–Trinajstić information content (AvgIpc) is 3.31. The number of hydrogen-bond acceptors (Lipinski definition) is 6. The fraction of sp³-hybridized carbons (Fsp3) is 0.500. The van der Waals surface area contributed by atoms with Crippen molar-refractivity contribution in [3.05, 3.63) is 59.1 Å². The van der Waals surface area contributed by atoms with E-state index in [4.69, 9.17) is 4.98 Å². The van der Waals surface area contributed by atoms with Gasteiger partial charge in [-0.25, -0.2) is 9.97 Å². The fourth-order valence-corrected chi connectivity index (χ4v) is 5.57. The minimum atomic E-state index is -0.732. The van der Waals surface area contributed by atoms with E-state index in [1.54, 1.807) is 23.4 Å². The van der Waals surface area contributed by atoms with Crippen LogP contribution in [0.2, 0.25) is 0 Å². The second-order valence-corrected chi connectivity index (χ2v) is 10.8. The molecule has 35 heavy (non-hydrogen) atoms. The lowest BCUT2D eigenvalue weighted by Gasteiger charge is -2.24. The third kappa shape index (κ3) is 3.87. The van der Waals surface area contributed by atoms with Crippen LogP contribution in [0, 0.1) is 23.2 Å². The van der Waals surface area contributed by atoms with Crippen molar-refractivity contribution in [2.45, 2.75) is 51.1 Å². The molecule has 1 N–H and O–H groups in total. The number of hydrogen-bond donors (Lipinski definition) is 1. The van der Waals surface area contributed by atoms with Gasteiger partial charge < -0.3 is 14.8 Å². The largest absolute Gasteiger partial charge is 0.356 e. The Bertz CT molecular complexity index is 1340. The Kier molecular flexibility index (Phi) is 4.95. The van der Waals surface area contributed by atoms with Crippen LogP contribution in [0.25, 0.3) is 0 Å². The van der Waals surface area contributed by atoms with Crippen LogP contribution in [0.3, 0.4) is 0 Å². The van der Waals surface area contributed by atoms with Crippen molar-refractivity contribution >= 4 is 11.7 Å². The highest BCUT2D eigenvalue weighted by molar-refractivity contribution is 5.94. The van der Waals surface area contributed by atoms with Gasteiger partial charge in [-0.15, -0.1) is 0 Å². The van der Waals surface area contributed by atoms with Gasteiger partial charge in [0.05, 0.1) is 53.5 Å². The standard InChI is InChI=1S/C26H30N8O/c1-26(2,14-27)24-16(4-7-22(31-24)33-10-17-8-18(17)11-33)12-34-13-19(9-29-34)25(35)30-20-5-6-21-23(20)28-15-32(21)3/h4,7,9,13,15,17-18,20H,5-6,8,10-12H2,1-3H3,(H,30,35)/t17?,18?,20-/m1/s1. The zero-order valence-corrected chi connectivity index (χ0v) is 20.4. The Labute approximate surface area is 204 Å². The van der Waals surface area contributed by atoms with E-state index in [0.717, 1.165) is 60.5 Å². The number of nitrogens with one attached hydrogen (secondary N) is 1. The molecule has 9 heteroatoms. The molecule has 3 aliphatic rings. The molecule has 1 saturated heterocycles. The monoisotopic (exact) mass is 470 g/mol. The highest BCUT2D eigenvalue weighted by Gasteiger charge is 2.45. The number of aromatic nitrogens is 5. The third-order valence-corrected chi connectivity index (χ3v) is 7.76. The second kappa shape index (κ2) is 7.94. The zero-order valence-electron chi connectivity index (χ0n) is 20.4. The fourth-order valence-electron chi connectivity index (χ4n) is 5.57. The highest BCUT2D eigenvalue weighted by Crippen LogP contribution is 2.46. The normalized spacial score (nSPS) is 22.6. The first-order chi connectivity index (χ1) is 16.8. The number of rotatable bonds is 6. The molecule has 1 saturated carbocycles. The van der Waals surface area contributed by atoms with Gasteiger partial charge in [-0.3, -0.25) is 9.48 Å². The second-order valence-electron chi connectivity index (χ2n) is 10.8. The third-order valence-electron chi connectivity index (χ3n) is 7.76. The van der Waals surface area contributed by atoms with Gasteiger partial charge in [0.2, 0.25) is 0 Å². The smallest absolute Gasteiger partial charge is 0.255 e. The van der Waals surface area contributed by atoms with E-state index in [1.165, 1.54) is 12.1 Å². The molecule has 3 aromatic heterocycles. The van der Waals surface area contributed by atoms with E-state index in [2.05, 4.69) is 38.5 Å². The van der Waals surface area contributed by atoms with Crippen molar-refractivity contribution in [3.63, 3.8) is 0 Å². The maximum absolute atomic E-state index is 12.9. The van der Waals surface area contributed by atoms with Crippen LogP contribution in [0.5, 0.6) is 0 Å². The van der Waals surface area contributed by atoms with Gasteiger partial charge in [0.1, 0.15) is 5.82 Å². The van der Waals surface area contributed by atoms with Crippen molar-refractivity contribution < 1.29 is 4.79 Å². The maximum Gasteiger partial charge on any atom is 0.255 e. The van der Waals surface area contributed by atoms with Crippen molar-refractivity contribution in [2.75, 3.05) is 18.0 Å². The molecule has 6 rings (SSSR count). The number of carbonyl (C=O) groups is 1. The van der Waals surface area contributed by atoms with Gasteiger partial charge in [-0.05, 0) is 56.6 Å². The van der Waals surface area contributed by atoms with E-state index in [9.17, 15) is 10.1 Å². The van der Waals surface area contributed by atoms with E-state index in [0.29, 0.717) is 12.1 Å². The molecule has 2 unspecified atom stereocenters. The van der Waals surface area contributed by atoms with Crippen LogP contribution < -0.4 is 10.2 Å². The maximum atomic E-state index is 12.9. The lowest BCUT2D eigenvalue weighted by Crippen LogP contribution is -2.27. The van der Waals surface area contributed by atoms with Gasteiger partial charge in [0.25, 0.3) is 5.91 Å². The summed E-state index contributed by atoms with van der Waals surface area (Å²) < 4.78 is 3.76. The first kappa shape index (κ1) is 21.8.